The Morgan fingerprint density at radius 1 is 1.54 bits per heavy atom. The molecule has 0 spiro atoms. The van der Waals surface area contributed by atoms with Crippen LogP contribution in [-0.2, 0) is 0 Å². The maximum absolute atomic E-state index is 5.58. The molecule has 1 aliphatic rings. The van der Waals surface area contributed by atoms with Gasteiger partial charge in [-0.25, -0.2) is 9.97 Å². The number of nitrogens with two attached hydrogens (primary N) is 1. The first-order valence-corrected chi connectivity index (χ1v) is 5.40. The van der Waals surface area contributed by atoms with Gasteiger partial charge in [0.1, 0.15) is 12.1 Å². The molecule has 70 valence electrons. The molecule has 3 N–H and O–H groups in total. The molecule has 1 saturated heterocycles. The first-order valence-electron chi connectivity index (χ1n) is 4.25. The minimum atomic E-state index is 0.337. The van der Waals surface area contributed by atoms with Crippen LogP contribution in [0, 0.1) is 0 Å². The second-order valence-electron chi connectivity index (χ2n) is 2.95. The van der Waals surface area contributed by atoms with Gasteiger partial charge in [-0.15, -0.1) is 0 Å². The summed E-state index contributed by atoms with van der Waals surface area (Å²) in [5, 5.41) is 3.40. The van der Waals surface area contributed by atoms with Crippen molar-refractivity contribution in [1.29, 1.82) is 0 Å². The summed E-state index contributed by atoms with van der Waals surface area (Å²) in [6.07, 6.45) is 1.52. The summed E-state index contributed by atoms with van der Waals surface area (Å²) in [4.78, 5) is 8.06. The molecule has 0 aromatic carbocycles. The van der Waals surface area contributed by atoms with Gasteiger partial charge in [0.2, 0.25) is 0 Å². The Morgan fingerprint density at radius 2 is 2.46 bits per heavy atom. The van der Waals surface area contributed by atoms with E-state index in [-0.39, 0.29) is 0 Å². The predicted octanol–water partition coefficient (Wildman–Crippen LogP) is 0.436. The minimum absolute atomic E-state index is 0.337. The molecular weight excluding hydrogens is 184 g/mol. The monoisotopic (exact) mass is 196 g/mol. The van der Waals surface area contributed by atoms with Gasteiger partial charge in [0.15, 0.2) is 0 Å². The van der Waals surface area contributed by atoms with Crippen molar-refractivity contribution in [3.63, 3.8) is 0 Å². The van der Waals surface area contributed by atoms with Gasteiger partial charge in [-0.1, -0.05) is 0 Å². The van der Waals surface area contributed by atoms with Gasteiger partial charge < -0.3 is 11.1 Å². The van der Waals surface area contributed by atoms with Crippen molar-refractivity contribution in [3.8, 4) is 0 Å². The Labute approximate surface area is 81.3 Å². The molecule has 2 rings (SSSR count). The Kier molecular flexibility index (Phi) is 2.65. The second-order valence-corrected chi connectivity index (χ2v) is 4.10. The lowest BCUT2D eigenvalue weighted by molar-refractivity contribution is 0.579. The van der Waals surface area contributed by atoms with Gasteiger partial charge in [0.25, 0.3) is 0 Å². The van der Waals surface area contributed by atoms with Gasteiger partial charge in [0, 0.05) is 24.1 Å². The number of nitrogens with one attached hydrogen (secondary N) is 1. The molecule has 1 fully saturated rings. The van der Waals surface area contributed by atoms with E-state index in [1.54, 1.807) is 0 Å². The number of thioether (sulfide) groups is 1. The average Bonchev–Trinajstić information content (AvgIpc) is 2.19. The molecule has 0 saturated carbocycles. The SMILES string of the molecule is Nc1cc(C2CSCCN2)ncn1. The zero-order valence-electron chi connectivity index (χ0n) is 7.23. The lowest BCUT2D eigenvalue weighted by Gasteiger charge is -2.22. The van der Waals surface area contributed by atoms with Crippen LogP contribution in [0.5, 0.6) is 0 Å². The number of rotatable bonds is 1. The first kappa shape index (κ1) is 8.77. The minimum Gasteiger partial charge on any atom is -0.384 e. The maximum atomic E-state index is 5.58. The lowest BCUT2D eigenvalue weighted by Crippen LogP contribution is -2.30. The van der Waals surface area contributed by atoms with E-state index in [9.17, 15) is 0 Å². The smallest absolute Gasteiger partial charge is 0.127 e. The van der Waals surface area contributed by atoms with Crippen molar-refractivity contribution in [3.05, 3.63) is 18.1 Å². The van der Waals surface area contributed by atoms with E-state index >= 15 is 0 Å². The highest BCUT2D eigenvalue weighted by atomic mass is 32.2. The van der Waals surface area contributed by atoms with E-state index in [0.717, 1.165) is 18.0 Å². The number of anilines is 1. The van der Waals surface area contributed by atoms with Gasteiger partial charge >= 0.3 is 0 Å². The van der Waals surface area contributed by atoms with E-state index in [1.165, 1.54) is 12.1 Å². The summed E-state index contributed by atoms with van der Waals surface area (Å²) in [5.74, 6) is 2.79. The van der Waals surface area contributed by atoms with Crippen LogP contribution in [0.3, 0.4) is 0 Å². The van der Waals surface area contributed by atoms with E-state index < -0.39 is 0 Å². The standard InChI is InChI=1S/C8H12N4S/c9-8-3-6(11-5-12-8)7-4-13-2-1-10-7/h3,5,7,10H,1-2,4H2,(H2,9,11,12). The van der Waals surface area contributed by atoms with Crippen LogP contribution in [0.15, 0.2) is 12.4 Å². The van der Waals surface area contributed by atoms with Crippen LogP contribution in [-0.4, -0.2) is 28.0 Å². The normalized spacial score (nSPS) is 22.9. The molecule has 0 aliphatic carbocycles. The quantitative estimate of drug-likeness (QED) is 0.682. The highest BCUT2D eigenvalue weighted by molar-refractivity contribution is 7.99. The van der Waals surface area contributed by atoms with Crippen molar-refractivity contribution in [2.75, 3.05) is 23.8 Å². The summed E-state index contributed by atoms with van der Waals surface area (Å²) < 4.78 is 0. The number of nitrogens with zero attached hydrogens (tertiary/aromatic N) is 2. The third-order valence-electron chi connectivity index (χ3n) is 1.99. The molecule has 5 heteroatoms. The van der Waals surface area contributed by atoms with Crippen LogP contribution >= 0.6 is 11.8 Å². The fraction of sp³-hybridized carbons (Fsp3) is 0.500. The van der Waals surface area contributed by atoms with Crippen LogP contribution in [0.25, 0.3) is 0 Å². The van der Waals surface area contributed by atoms with Crippen molar-refractivity contribution >= 4 is 17.6 Å². The van der Waals surface area contributed by atoms with Crippen LogP contribution in [0.1, 0.15) is 11.7 Å². The lowest BCUT2D eigenvalue weighted by atomic mass is 10.2. The number of hydrogen-bond acceptors (Lipinski definition) is 5. The third-order valence-corrected chi connectivity index (χ3v) is 3.05. The van der Waals surface area contributed by atoms with E-state index in [4.69, 9.17) is 5.73 Å². The predicted molar refractivity (Wildman–Crippen MR) is 54.5 cm³/mol. The maximum Gasteiger partial charge on any atom is 0.127 e. The highest BCUT2D eigenvalue weighted by Gasteiger charge is 2.16. The summed E-state index contributed by atoms with van der Waals surface area (Å²) in [6.45, 7) is 1.04. The topological polar surface area (TPSA) is 63.8 Å². The summed E-state index contributed by atoms with van der Waals surface area (Å²) in [7, 11) is 0. The Bertz CT molecular complexity index is 285. The molecule has 0 radical (unpaired) electrons. The number of nitrogen functional groups attached to an aromatic ring is 1. The Morgan fingerprint density at radius 3 is 3.15 bits per heavy atom. The summed E-state index contributed by atoms with van der Waals surface area (Å²) >= 11 is 1.94. The molecule has 0 amide bonds. The zero-order valence-corrected chi connectivity index (χ0v) is 8.05. The molecule has 0 bridgehead atoms. The van der Waals surface area contributed by atoms with E-state index in [1.807, 2.05) is 17.8 Å². The molecule has 13 heavy (non-hydrogen) atoms. The molecule has 1 aromatic rings. The van der Waals surface area contributed by atoms with E-state index in [0.29, 0.717) is 11.9 Å². The summed E-state index contributed by atoms with van der Waals surface area (Å²) in [6, 6.07) is 2.17. The highest BCUT2D eigenvalue weighted by Crippen LogP contribution is 2.20. The second kappa shape index (κ2) is 3.93. The van der Waals surface area contributed by atoms with Crippen LogP contribution in [0.2, 0.25) is 0 Å². The van der Waals surface area contributed by atoms with Gasteiger partial charge in [0.05, 0.1) is 11.7 Å². The Balaban J connectivity index is 2.14. The van der Waals surface area contributed by atoms with Crippen molar-refractivity contribution in [2.24, 2.45) is 0 Å². The number of hydrogen-bond donors (Lipinski definition) is 2. The largest absolute Gasteiger partial charge is 0.384 e. The van der Waals surface area contributed by atoms with Crippen molar-refractivity contribution in [1.82, 2.24) is 15.3 Å². The van der Waals surface area contributed by atoms with Gasteiger partial charge in [-0.3, -0.25) is 0 Å². The van der Waals surface area contributed by atoms with E-state index in [2.05, 4.69) is 15.3 Å². The first-order chi connectivity index (χ1) is 6.36. The van der Waals surface area contributed by atoms with Crippen molar-refractivity contribution < 1.29 is 0 Å². The third kappa shape index (κ3) is 2.10. The fourth-order valence-corrected chi connectivity index (χ4v) is 2.29. The Hall–Kier alpha value is -0.810. The number of aromatic nitrogens is 2. The molecular formula is C8H12N4S. The van der Waals surface area contributed by atoms with Crippen LogP contribution < -0.4 is 11.1 Å². The molecule has 1 atom stereocenters. The van der Waals surface area contributed by atoms with Crippen LogP contribution in [0.4, 0.5) is 5.82 Å². The van der Waals surface area contributed by atoms with Gasteiger partial charge in [-0.05, 0) is 0 Å². The molecule has 1 aliphatic heterocycles. The molecule has 1 aromatic heterocycles. The summed E-state index contributed by atoms with van der Waals surface area (Å²) in [5.41, 5.74) is 6.58. The van der Waals surface area contributed by atoms with Gasteiger partial charge in [-0.2, -0.15) is 11.8 Å². The average molecular weight is 196 g/mol. The molecule has 1 unspecified atom stereocenters. The zero-order chi connectivity index (χ0) is 9.10. The molecule has 4 nitrogen and oxygen atoms in total. The van der Waals surface area contributed by atoms with Crippen molar-refractivity contribution in [2.45, 2.75) is 6.04 Å². The molecule has 2 heterocycles. The fourth-order valence-electron chi connectivity index (χ4n) is 1.33.